The fraction of sp³-hybridized carbons (Fsp3) is 0.344. The number of fused-ring (bicyclic) bond motifs is 1. The van der Waals surface area contributed by atoms with E-state index in [2.05, 4.69) is 21.2 Å². The van der Waals surface area contributed by atoms with Crippen molar-refractivity contribution in [3.63, 3.8) is 0 Å². The highest BCUT2D eigenvalue weighted by Crippen LogP contribution is 2.30. The summed E-state index contributed by atoms with van der Waals surface area (Å²) >= 11 is 3.44. The van der Waals surface area contributed by atoms with Gasteiger partial charge in [-0.2, -0.15) is 0 Å². The SMILES string of the molecule is O=C(NC1CCCCC1)C(Cc1ccccc1)N(Cc1ccc(Br)cc1)C(=O)CCN1C(=O)c2ccccc2S1(=O)=O. The lowest BCUT2D eigenvalue weighted by molar-refractivity contribution is -0.141. The summed E-state index contributed by atoms with van der Waals surface area (Å²) < 4.78 is 27.9. The van der Waals surface area contributed by atoms with Crippen molar-refractivity contribution in [3.8, 4) is 0 Å². The Labute approximate surface area is 255 Å². The van der Waals surface area contributed by atoms with Crippen LogP contribution in [0.4, 0.5) is 0 Å². The van der Waals surface area contributed by atoms with Crippen LogP contribution in [0.25, 0.3) is 0 Å². The molecular weight excluding hydrogens is 618 g/mol. The van der Waals surface area contributed by atoms with E-state index in [0.29, 0.717) is 6.42 Å². The topological polar surface area (TPSA) is 104 Å². The Kier molecular flexibility index (Phi) is 9.43. The minimum Gasteiger partial charge on any atom is -0.352 e. The van der Waals surface area contributed by atoms with Crippen molar-refractivity contribution < 1.29 is 22.8 Å². The number of nitrogens with zero attached hydrogens (tertiary/aromatic N) is 2. The summed E-state index contributed by atoms with van der Waals surface area (Å²) in [5, 5.41) is 3.20. The van der Waals surface area contributed by atoms with E-state index in [-0.39, 0.29) is 41.9 Å². The number of rotatable bonds is 10. The number of sulfonamides is 1. The number of benzene rings is 3. The van der Waals surface area contributed by atoms with Crippen LogP contribution in [0.5, 0.6) is 0 Å². The first kappa shape index (κ1) is 30.0. The number of amides is 3. The summed E-state index contributed by atoms with van der Waals surface area (Å²) in [7, 11) is -4.06. The largest absolute Gasteiger partial charge is 0.352 e. The third-order valence-corrected chi connectivity index (χ3v) is 10.3. The molecule has 10 heteroatoms. The summed E-state index contributed by atoms with van der Waals surface area (Å²) in [5.41, 5.74) is 1.83. The zero-order valence-corrected chi connectivity index (χ0v) is 25.6. The van der Waals surface area contributed by atoms with Crippen LogP contribution in [0, 0.1) is 0 Å². The molecule has 1 aliphatic heterocycles. The Morgan fingerprint density at radius 2 is 1.57 bits per heavy atom. The van der Waals surface area contributed by atoms with Crippen molar-refractivity contribution in [3.05, 3.63) is 100 Å². The van der Waals surface area contributed by atoms with Gasteiger partial charge in [0.15, 0.2) is 0 Å². The van der Waals surface area contributed by atoms with Gasteiger partial charge in [0.25, 0.3) is 15.9 Å². The normalized spacial score (nSPS) is 17.0. The van der Waals surface area contributed by atoms with Gasteiger partial charge in [-0.25, -0.2) is 12.7 Å². The van der Waals surface area contributed by atoms with Gasteiger partial charge in [-0.1, -0.05) is 89.8 Å². The van der Waals surface area contributed by atoms with Crippen molar-refractivity contribution in [2.45, 2.75) is 68.5 Å². The quantitative estimate of drug-likeness (QED) is 0.330. The third-order valence-electron chi connectivity index (χ3n) is 7.93. The minimum atomic E-state index is -4.06. The van der Waals surface area contributed by atoms with E-state index in [9.17, 15) is 22.8 Å². The fourth-order valence-electron chi connectivity index (χ4n) is 5.68. The summed E-state index contributed by atoms with van der Waals surface area (Å²) in [4.78, 5) is 42.4. The second kappa shape index (κ2) is 13.2. The molecule has 0 bridgehead atoms. The van der Waals surface area contributed by atoms with E-state index in [4.69, 9.17) is 0 Å². The van der Waals surface area contributed by atoms with Gasteiger partial charge in [0.2, 0.25) is 11.8 Å². The Balaban J connectivity index is 1.42. The lowest BCUT2D eigenvalue weighted by atomic mass is 9.94. The van der Waals surface area contributed by atoms with Crippen molar-refractivity contribution in [1.29, 1.82) is 0 Å². The van der Waals surface area contributed by atoms with E-state index < -0.39 is 27.9 Å². The van der Waals surface area contributed by atoms with E-state index >= 15 is 0 Å². The highest BCUT2D eigenvalue weighted by molar-refractivity contribution is 9.10. The van der Waals surface area contributed by atoms with Gasteiger partial charge in [0.1, 0.15) is 10.9 Å². The number of carbonyl (C=O) groups excluding carboxylic acids is 3. The Bertz CT molecular complexity index is 1540. The number of hydrogen-bond acceptors (Lipinski definition) is 5. The first-order valence-electron chi connectivity index (χ1n) is 14.3. The molecule has 5 rings (SSSR count). The highest BCUT2D eigenvalue weighted by Gasteiger charge is 2.41. The van der Waals surface area contributed by atoms with Gasteiger partial charge in [-0.3, -0.25) is 14.4 Å². The van der Waals surface area contributed by atoms with Gasteiger partial charge in [-0.05, 0) is 48.2 Å². The first-order valence-corrected chi connectivity index (χ1v) is 16.5. The lowest BCUT2D eigenvalue weighted by Crippen LogP contribution is -2.53. The van der Waals surface area contributed by atoms with Crippen LogP contribution >= 0.6 is 15.9 Å². The van der Waals surface area contributed by atoms with Gasteiger partial charge >= 0.3 is 0 Å². The molecule has 8 nitrogen and oxygen atoms in total. The van der Waals surface area contributed by atoms with E-state index in [1.807, 2.05) is 54.6 Å². The molecule has 1 saturated carbocycles. The smallest absolute Gasteiger partial charge is 0.269 e. The minimum absolute atomic E-state index is 0.0528. The summed E-state index contributed by atoms with van der Waals surface area (Å²) in [6, 6.07) is 22.3. The summed E-state index contributed by atoms with van der Waals surface area (Å²) in [6.45, 7) is -0.156. The monoisotopic (exact) mass is 651 g/mol. The van der Waals surface area contributed by atoms with E-state index in [1.54, 1.807) is 12.1 Å². The standard InChI is InChI=1S/C32H34BrN3O5S/c33-25-17-15-24(16-18-25)22-35(30(37)19-20-36-32(39)27-13-7-8-14-29(27)42(36,40)41)28(21-23-9-3-1-4-10-23)31(38)34-26-11-5-2-6-12-26/h1,3-4,7-10,13-18,26,28H,2,5-6,11-12,19-22H2,(H,34,38). The van der Waals surface area contributed by atoms with Crippen LogP contribution in [0.15, 0.2) is 88.2 Å². The van der Waals surface area contributed by atoms with E-state index in [1.165, 1.54) is 17.0 Å². The van der Waals surface area contributed by atoms with Crippen LogP contribution in [-0.2, 0) is 32.6 Å². The number of nitrogens with one attached hydrogen (secondary N) is 1. The van der Waals surface area contributed by atoms with Crippen molar-refractivity contribution >= 4 is 43.7 Å². The van der Waals surface area contributed by atoms with Gasteiger partial charge in [0.05, 0.1) is 5.56 Å². The van der Waals surface area contributed by atoms with Crippen LogP contribution in [-0.4, -0.2) is 54.0 Å². The van der Waals surface area contributed by atoms with Crippen LogP contribution < -0.4 is 5.32 Å². The molecule has 2 aliphatic rings. The molecule has 1 aliphatic carbocycles. The molecule has 0 radical (unpaired) electrons. The van der Waals surface area contributed by atoms with Crippen LogP contribution in [0.3, 0.4) is 0 Å². The maximum Gasteiger partial charge on any atom is 0.269 e. The maximum atomic E-state index is 14.0. The second-order valence-corrected chi connectivity index (χ2v) is 13.6. The Morgan fingerprint density at radius 3 is 2.26 bits per heavy atom. The molecule has 1 N–H and O–H groups in total. The lowest BCUT2D eigenvalue weighted by Gasteiger charge is -2.34. The third kappa shape index (κ3) is 6.76. The highest BCUT2D eigenvalue weighted by atomic mass is 79.9. The molecule has 0 saturated heterocycles. The molecule has 1 atom stereocenters. The Morgan fingerprint density at radius 1 is 0.905 bits per heavy atom. The average molecular weight is 653 g/mol. The number of hydrogen-bond donors (Lipinski definition) is 1. The predicted molar refractivity (Wildman–Crippen MR) is 163 cm³/mol. The average Bonchev–Trinajstić information content (AvgIpc) is 3.19. The fourth-order valence-corrected chi connectivity index (χ4v) is 7.51. The molecule has 0 aromatic heterocycles. The number of carbonyl (C=O) groups is 3. The molecule has 220 valence electrons. The molecule has 0 spiro atoms. The summed E-state index contributed by atoms with van der Waals surface area (Å²) in [5.74, 6) is -1.28. The van der Waals surface area contributed by atoms with Gasteiger partial charge < -0.3 is 10.2 Å². The van der Waals surface area contributed by atoms with Crippen LogP contribution in [0.1, 0.15) is 60.0 Å². The molecule has 1 unspecified atom stereocenters. The van der Waals surface area contributed by atoms with Crippen molar-refractivity contribution in [1.82, 2.24) is 14.5 Å². The molecule has 1 fully saturated rings. The van der Waals surface area contributed by atoms with Gasteiger partial charge in [0, 0.05) is 36.4 Å². The zero-order chi connectivity index (χ0) is 29.7. The molecular formula is C32H34BrN3O5S. The van der Waals surface area contributed by atoms with Crippen LogP contribution in [0.2, 0.25) is 0 Å². The Hall–Kier alpha value is -3.50. The molecule has 3 amide bonds. The number of halogens is 1. The van der Waals surface area contributed by atoms with Crippen molar-refractivity contribution in [2.75, 3.05) is 6.54 Å². The summed E-state index contributed by atoms with van der Waals surface area (Å²) in [6.07, 6.45) is 5.11. The van der Waals surface area contributed by atoms with E-state index in [0.717, 1.165) is 52.0 Å². The zero-order valence-electron chi connectivity index (χ0n) is 23.2. The predicted octanol–water partition coefficient (Wildman–Crippen LogP) is 5.07. The second-order valence-electron chi connectivity index (χ2n) is 10.8. The molecule has 42 heavy (non-hydrogen) atoms. The molecule has 3 aromatic carbocycles. The molecule has 1 heterocycles. The maximum absolute atomic E-state index is 14.0. The molecule has 3 aromatic rings. The van der Waals surface area contributed by atoms with Gasteiger partial charge in [-0.15, -0.1) is 0 Å². The van der Waals surface area contributed by atoms with Crippen molar-refractivity contribution in [2.24, 2.45) is 0 Å². The first-order chi connectivity index (χ1) is 20.2.